The predicted molar refractivity (Wildman–Crippen MR) is 104 cm³/mol. The lowest BCUT2D eigenvalue weighted by atomic mass is 9.91. The van der Waals surface area contributed by atoms with Crippen LogP contribution in [0.3, 0.4) is 0 Å². The summed E-state index contributed by atoms with van der Waals surface area (Å²) in [6, 6.07) is 9.50. The fourth-order valence-corrected chi connectivity index (χ4v) is 3.86. The Bertz CT molecular complexity index is 893. The van der Waals surface area contributed by atoms with Crippen LogP contribution < -0.4 is 10.6 Å². The smallest absolute Gasteiger partial charge is 0.287 e. The molecule has 0 aromatic carbocycles. The summed E-state index contributed by atoms with van der Waals surface area (Å²) >= 11 is 0. The van der Waals surface area contributed by atoms with Crippen molar-refractivity contribution in [2.24, 2.45) is 0 Å². The van der Waals surface area contributed by atoms with Gasteiger partial charge in [-0.1, -0.05) is 19.3 Å². The van der Waals surface area contributed by atoms with E-state index in [1.807, 2.05) is 0 Å². The molecule has 1 aliphatic carbocycles. The molecule has 2 unspecified atom stereocenters. The van der Waals surface area contributed by atoms with Crippen molar-refractivity contribution in [1.82, 2.24) is 10.6 Å². The van der Waals surface area contributed by atoms with Gasteiger partial charge in [0.1, 0.15) is 23.5 Å². The first-order chi connectivity index (χ1) is 14.2. The van der Waals surface area contributed by atoms with Crippen molar-refractivity contribution in [2.75, 3.05) is 0 Å². The molecule has 1 saturated carbocycles. The van der Waals surface area contributed by atoms with Crippen LogP contribution >= 0.6 is 0 Å². The monoisotopic (exact) mass is 396 g/mol. The summed E-state index contributed by atoms with van der Waals surface area (Å²) < 4.78 is 16.3. The largest absolute Gasteiger partial charge is 0.468 e. The Balaban J connectivity index is 1.63. The molecule has 152 valence electrons. The van der Waals surface area contributed by atoms with E-state index in [0.29, 0.717) is 11.5 Å². The van der Waals surface area contributed by atoms with Crippen molar-refractivity contribution in [3.8, 4) is 0 Å². The number of hydrogen-bond donors (Lipinski definition) is 2. The number of nitrogens with one attached hydrogen (secondary N) is 2. The molecule has 1 aliphatic rings. The Morgan fingerprint density at radius 2 is 1.52 bits per heavy atom. The van der Waals surface area contributed by atoms with Crippen molar-refractivity contribution in [3.05, 3.63) is 72.5 Å². The van der Waals surface area contributed by atoms with Crippen LogP contribution in [-0.2, 0) is 4.79 Å². The van der Waals surface area contributed by atoms with Gasteiger partial charge in [0.05, 0.1) is 18.8 Å². The molecule has 2 atom stereocenters. The third kappa shape index (κ3) is 4.45. The first-order valence-corrected chi connectivity index (χ1v) is 9.94. The van der Waals surface area contributed by atoms with Crippen LogP contribution in [0.1, 0.15) is 66.1 Å². The van der Waals surface area contributed by atoms with Crippen molar-refractivity contribution in [1.29, 1.82) is 0 Å². The summed E-state index contributed by atoms with van der Waals surface area (Å²) in [4.78, 5) is 26.0. The lowest BCUT2D eigenvalue weighted by Gasteiger charge is -2.28. The molecule has 0 aliphatic heterocycles. The molecule has 7 nitrogen and oxygen atoms in total. The second kappa shape index (κ2) is 8.86. The number of carbonyl (C=O) groups excluding carboxylic acids is 2. The highest BCUT2D eigenvalue weighted by molar-refractivity contribution is 5.93. The van der Waals surface area contributed by atoms with Crippen LogP contribution in [-0.4, -0.2) is 17.9 Å². The van der Waals surface area contributed by atoms with Gasteiger partial charge in [0, 0.05) is 6.04 Å². The van der Waals surface area contributed by atoms with E-state index >= 15 is 0 Å². The first kappa shape index (κ1) is 19.1. The number of rotatable bonds is 7. The van der Waals surface area contributed by atoms with Crippen molar-refractivity contribution in [2.45, 2.75) is 50.1 Å². The van der Waals surface area contributed by atoms with Crippen LogP contribution in [0.5, 0.6) is 0 Å². The van der Waals surface area contributed by atoms with Gasteiger partial charge >= 0.3 is 0 Å². The second-order valence-electron chi connectivity index (χ2n) is 7.28. The maximum Gasteiger partial charge on any atom is 0.287 e. The van der Waals surface area contributed by atoms with Crippen molar-refractivity contribution < 1.29 is 22.8 Å². The number of carbonyl (C=O) groups is 2. The third-order valence-electron chi connectivity index (χ3n) is 5.30. The van der Waals surface area contributed by atoms with Gasteiger partial charge in [0.25, 0.3) is 5.91 Å². The molecule has 3 heterocycles. The van der Waals surface area contributed by atoms with Gasteiger partial charge in [-0.15, -0.1) is 0 Å². The van der Waals surface area contributed by atoms with Crippen molar-refractivity contribution >= 4 is 11.8 Å². The zero-order valence-electron chi connectivity index (χ0n) is 16.0. The van der Waals surface area contributed by atoms with E-state index in [2.05, 4.69) is 10.6 Å². The second-order valence-corrected chi connectivity index (χ2v) is 7.28. The minimum Gasteiger partial charge on any atom is -0.468 e. The van der Waals surface area contributed by atoms with Crippen molar-refractivity contribution in [3.63, 3.8) is 0 Å². The average molecular weight is 396 g/mol. The van der Waals surface area contributed by atoms with Crippen LogP contribution in [0.2, 0.25) is 0 Å². The fourth-order valence-electron chi connectivity index (χ4n) is 3.86. The quantitative estimate of drug-likeness (QED) is 0.625. The first-order valence-electron chi connectivity index (χ1n) is 9.94. The molecule has 3 aromatic rings. The molecule has 3 aromatic heterocycles. The minimum atomic E-state index is -0.781. The molecule has 0 spiro atoms. The molecule has 1 fully saturated rings. The van der Waals surface area contributed by atoms with Crippen LogP contribution in [0, 0.1) is 0 Å². The molecule has 4 rings (SSSR count). The molecule has 0 saturated heterocycles. The summed E-state index contributed by atoms with van der Waals surface area (Å²) in [7, 11) is 0. The summed E-state index contributed by atoms with van der Waals surface area (Å²) in [6.07, 6.45) is 9.78. The molecule has 0 bridgehead atoms. The Morgan fingerprint density at radius 3 is 2.14 bits per heavy atom. The van der Waals surface area contributed by atoms with Gasteiger partial charge in [-0.2, -0.15) is 0 Å². The van der Waals surface area contributed by atoms with Gasteiger partial charge < -0.3 is 23.9 Å². The summed E-state index contributed by atoms with van der Waals surface area (Å²) in [5.74, 6) is -0.333. The van der Waals surface area contributed by atoms with Gasteiger partial charge in [-0.25, -0.2) is 0 Å². The molecule has 2 amide bonds. The van der Waals surface area contributed by atoms with Crippen LogP contribution in [0.15, 0.2) is 68.4 Å². The van der Waals surface area contributed by atoms with E-state index < -0.39 is 17.9 Å². The third-order valence-corrected chi connectivity index (χ3v) is 5.30. The Hall–Kier alpha value is -3.22. The van der Waals surface area contributed by atoms with E-state index in [9.17, 15) is 9.59 Å². The number of furan rings is 3. The SMILES string of the molecule is O=C(NC(c1ccco1)C(C(=O)NC1CCCCC1)c1ccco1)c1ccco1. The Labute approximate surface area is 168 Å². The topological polar surface area (TPSA) is 97.6 Å². The maximum atomic E-state index is 13.3. The van der Waals surface area contributed by atoms with Crippen LogP contribution in [0.4, 0.5) is 0 Å². The molecule has 7 heteroatoms. The molecular formula is C22H24N2O5. The molecule has 0 radical (unpaired) electrons. The zero-order valence-corrected chi connectivity index (χ0v) is 16.0. The van der Waals surface area contributed by atoms with Gasteiger partial charge in [-0.3, -0.25) is 9.59 Å². The number of hydrogen-bond acceptors (Lipinski definition) is 5. The lowest BCUT2D eigenvalue weighted by molar-refractivity contribution is -0.124. The summed E-state index contributed by atoms with van der Waals surface area (Å²) in [5, 5.41) is 6.02. The Morgan fingerprint density at radius 1 is 0.862 bits per heavy atom. The highest BCUT2D eigenvalue weighted by atomic mass is 16.3. The zero-order chi connectivity index (χ0) is 20.1. The summed E-state index contributed by atoms with van der Waals surface area (Å²) in [5.41, 5.74) is 0. The molecular weight excluding hydrogens is 372 g/mol. The van der Waals surface area contributed by atoms with Crippen LogP contribution in [0.25, 0.3) is 0 Å². The maximum absolute atomic E-state index is 13.3. The Kier molecular flexibility index (Phi) is 5.84. The van der Waals surface area contributed by atoms with E-state index in [1.54, 1.807) is 36.4 Å². The van der Waals surface area contributed by atoms with E-state index in [-0.39, 0.29) is 17.7 Å². The normalized spacial score (nSPS) is 16.8. The highest BCUT2D eigenvalue weighted by Gasteiger charge is 2.37. The van der Waals surface area contributed by atoms with E-state index in [4.69, 9.17) is 13.3 Å². The highest BCUT2D eigenvalue weighted by Crippen LogP contribution is 2.33. The fraction of sp³-hybridized carbons (Fsp3) is 0.364. The van der Waals surface area contributed by atoms with Gasteiger partial charge in [0.15, 0.2) is 5.76 Å². The average Bonchev–Trinajstić information content (AvgIpc) is 3.51. The standard InChI is InChI=1S/C22H24N2O5/c25-21(18-11-6-14-29-18)24-20(17-10-5-13-28-17)19(16-9-4-12-27-16)22(26)23-15-7-2-1-3-8-15/h4-6,9-15,19-20H,1-3,7-8H2,(H,23,26)(H,24,25). The predicted octanol–water partition coefficient (Wildman–Crippen LogP) is 4.17. The minimum absolute atomic E-state index is 0.131. The molecule has 2 N–H and O–H groups in total. The van der Waals surface area contributed by atoms with E-state index in [1.165, 1.54) is 25.2 Å². The van der Waals surface area contributed by atoms with Gasteiger partial charge in [0.2, 0.25) is 5.91 Å². The van der Waals surface area contributed by atoms with Gasteiger partial charge in [-0.05, 0) is 49.2 Å². The number of amides is 2. The lowest BCUT2D eigenvalue weighted by Crippen LogP contribution is -2.44. The van der Waals surface area contributed by atoms with E-state index in [0.717, 1.165) is 25.7 Å². The molecule has 29 heavy (non-hydrogen) atoms. The summed E-state index contributed by atoms with van der Waals surface area (Å²) in [6.45, 7) is 0.